The predicted molar refractivity (Wildman–Crippen MR) is 66.3 cm³/mol. The Morgan fingerprint density at radius 2 is 2.00 bits per heavy atom. The Morgan fingerprint density at radius 1 is 1.39 bits per heavy atom. The Labute approximate surface area is 108 Å². The van der Waals surface area contributed by atoms with Gasteiger partial charge in [0.2, 0.25) is 0 Å². The van der Waals surface area contributed by atoms with Crippen molar-refractivity contribution in [1.82, 2.24) is 4.90 Å². The molecule has 0 N–H and O–H groups in total. The number of halogens is 3. The summed E-state index contributed by atoms with van der Waals surface area (Å²) in [6.45, 7) is 4.27. The van der Waals surface area contributed by atoms with Crippen molar-refractivity contribution in [3.05, 3.63) is 21.4 Å². The summed E-state index contributed by atoms with van der Waals surface area (Å²) < 4.78 is 36.8. The van der Waals surface area contributed by atoms with Gasteiger partial charge in [-0.05, 0) is 26.5 Å². The van der Waals surface area contributed by atoms with E-state index in [2.05, 4.69) is 0 Å². The van der Waals surface area contributed by atoms with Crippen molar-refractivity contribution >= 4 is 17.1 Å². The fourth-order valence-electron chi connectivity index (χ4n) is 1.73. The SMILES string of the molecule is CCN(CC(=O)c1cc(C)sc1C)CC(F)(F)F. The van der Waals surface area contributed by atoms with Gasteiger partial charge in [-0.25, -0.2) is 0 Å². The minimum atomic E-state index is -4.27. The molecular weight excluding hydrogens is 263 g/mol. The molecule has 6 heteroatoms. The van der Waals surface area contributed by atoms with Crippen LogP contribution in [0.3, 0.4) is 0 Å². The molecule has 0 aromatic carbocycles. The first-order valence-corrected chi connectivity index (χ1v) is 6.44. The minimum absolute atomic E-state index is 0.187. The van der Waals surface area contributed by atoms with Crippen LogP contribution in [0.1, 0.15) is 27.0 Å². The fourth-order valence-corrected chi connectivity index (χ4v) is 2.67. The van der Waals surface area contributed by atoms with Crippen LogP contribution in [-0.4, -0.2) is 36.5 Å². The van der Waals surface area contributed by atoms with Gasteiger partial charge in [-0.3, -0.25) is 9.69 Å². The summed E-state index contributed by atoms with van der Waals surface area (Å²) in [6.07, 6.45) is -4.27. The highest BCUT2D eigenvalue weighted by molar-refractivity contribution is 7.12. The molecular formula is C12H16F3NOS. The maximum atomic E-state index is 12.3. The molecule has 2 nitrogen and oxygen atoms in total. The molecule has 0 atom stereocenters. The van der Waals surface area contributed by atoms with Crippen molar-refractivity contribution in [3.63, 3.8) is 0 Å². The van der Waals surface area contributed by atoms with Crippen LogP contribution in [-0.2, 0) is 0 Å². The van der Waals surface area contributed by atoms with Gasteiger partial charge in [-0.1, -0.05) is 6.92 Å². The molecule has 0 spiro atoms. The molecule has 102 valence electrons. The summed E-state index contributed by atoms with van der Waals surface area (Å²) in [7, 11) is 0. The number of thiophene rings is 1. The lowest BCUT2D eigenvalue weighted by Crippen LogP contribution is -2.37. The lowest BCUT2D eigenvalue weighted by Gasteiger charge is -2.20. The lowest BCUT2D eigenvalue weighted by atomic mass is 10.1. The molecule has 1 aromatic rings. The number of carbonyl (C=O) groups is 1. The molecule has 0 radical (unpaired) electrons. The number of ketones is 1. The third-order valence-electron chi connectivity index (χ3n) is 2.56. The van der Waals surface area contributed by atoms with Crippen LogP contribution >= 0.6 is 11.3 Å². The van der Waals surface area contributed by atoms with E-state index in [0.29, 0.717) is 5.56 Å². The van der Waals surface area contributed by atoms with Crippen LogP contribution in [0.4, 0.5) is 13.2 Å². The topological polar surface area (TPSA) is 20.3 Å². The summed E-state index contributed by atoms with van der Waals surface area (Å²) >= 11 is 1.48. The molecule has 0 aliphatic rings. The zero-order chi connectivity index (χ0) is 13.9. The number of likely N-dealkylation sites (N-methyl/N-ethyl adjacent to an activating group) is 1. The first kappa shape index (κ1) is 15.2. The van der Waals surface area contributed by atoms with Gasteiger partial charge in [-0.15, -0.1) is 11.3 Å². The molecule has 0 unspecified atom stereocenters. The molecule has 0 saturated carbocycles. The first-order valence-electron chi connectivity index (χ1n) is 5.62. The number of aryl methyl sites for hydroxylation is 2. The van der Waals surface area contributed by atoms with Crippen molar-refractivity contribution in [2.75, 3.05) is 19.6 Å². The third-order valence-corrected chi connectivity index (χ3v) is 3.52. The van der Waals surface area contributed by atoms with Crippen LogP contribution in [0.2, 0.25) is 0 Å². The predicted octanol–water partition coefficient (Wildman–Crippen LogP) is 3.43. The Kier molecular flexibility index (Phi) is 4.92. The zero-order valence-electron chi connectivity index (χ0n) is 10.6. The Morgan fingerprint density at radius 3 is 2.39 bits per heavy atom. The van der Waals surface area contributed by atoms with Crippen LogP contribution in [0, 0.1) is 13.8 Å². The molecule has 0 amide bonds. The maximum absolute atomic E-state index is 12.3. The molecule has 1 rings (SSSR count). The molecule has 0 aliphatic heterocycles. The van der Waals surface area contributed by atoms with Crippen molar-refractivity contribution in [1.29, 1.82) is 0 Å². The van der Waals surface area contributed by atoms with E-state index in [4.69, 9.17) is 0 Å². The molecule has 0 aliphatic carbocycles. The van der Waals surface area contributed by atoms with E-state index in [1.807, 2.05) is 13.8 Å². The van der Waals surface area contributed by atoms with Gasteiger partial charge in [0.05, 0.1) is 13.1 Å². The monoisotopic (exact) mass is 279 g/mol. The van der Waals surface area contributed by atoms with E-state index >= 15 is 0 Å². The third kappa shape index (κ3) is 4.42. The number of carbonyl (C=O) groups excluding carboxylic acids is 1. The smallest absolute Gasteiger partial charge is 0.293 e. The zero-order valence-corrected chi connectivity index (χ0v) is 11.4. The van der Waals surface area contributed by atoms with E-state index in [-0.39, 0.29) is 18.9 Å². The van der Waals surface area contributed by atoms with Crippen LogP contribution in [0.15, 0.2) is 6.07 Å². The summed E-state index contributed by atoms with van der Waals surface area (Å²) in [6, 6.07) is 1.74. The Bertz CT molecular complexity index is 425. The molecule has 0 saturated heterocycles. The number of rotatable bonds is 5. The quantitative estimate of drug-likeness (QED) is 0.770. The van der Waals surface area contributed by atoms with Crippen LogP contribution in [0.25, 0.3) is 0 Å². The van der Waals surface area contributed by atoms with Gasteiger partial charge in [-0.2, -0.15) is 13.2 Å². The summed E-state index contributed by atoms with van der Waals surface area (Å²) in [5.74, 6) is -0.247. The number of Topliss-reactive ketones (excluding diaryl/α,β-unsaturated/α-hetero) is 1. The van der Waals surface area contributed by atoms with Crippen molar-refractivity contribution < 1.29 is 18.0 Å². The number of hydrogen-bond acceptors (Lipinski definition) is 3. The molecule has 1 heterocycles. The van der Waals surface area contributed by atoms with E-state index in [0.717, 1.165) is 14.7 Å². The average molecular weight is 279 g/mol. The highest BCUT2D eigenvalue weighted by Gasteiger charge is 2.31. The van der Waals surface area contributed by atoms with Gasteiger partial charge < -0.3 is 0 Å². The molecule has 18 heavy (non-hydrogen) atoms. The highest BCUT2D eigenvalue weighted by Crippen LogP contribution is 2.22. The summed E-state index contributed by atoms with van der Waals surface area (Å²) in [5.41, 5.74) is 0.540. The van der Waals surface area contributed by atoms with Gasteiger partial charge in [0.1, 0.15) is 0 Å². The molecule has 1 aromatic heterocycles. The second-order valence-electron chi connectivity index (χ2n) is 4.17. The first-order chi connectivity index (χ1) is 8.23. The Hall–Kier alpha value is -0.880. The minimum Gasteiger partial charge on any atom is -0.293 e. The van der Waals surface area contributed by atoms with Crippen LogP contribution < -0.4 is 0 Å². The van der Waals surface area contributed by atoms with Crippen molar-refractivity contribution in [2.24, 2.45) is 0 Å². The second-order valence-corrected chi connectivity index (χ2v) is 5.63. The number of hydrogen-bond donors (Lipinski definition) is 0. The van der Waals surface area contributed by atoms with Gasteiger partial charge in [0.25, 0.3) is 0 Å². The van der Waals surface area contributed by atoms with Gasteiger partial charge in [0, 0.05) is 15.3 Å². The largest absolute Gasteiger partial charge is 0.401 e. The lowest BCUT2D eigenvalue weighted by molar-refractivity contribution is -0.144. The fraction of sp³-hybridized carbons (Fsp3) is 0.583. The standard InChI is InChI=1S/C12H16F3NOS/c1-4-16(7-12(13,14)15)6-11(17)10-5-8(2)18-9(10)3/h5H,4,6-7H2,1-3H3. The molecule has 0 fully saturated rings. The maximum Gasteiger partial charge on any atom is 0.401 e. The van der Waals surface area contributed by atoms with Crippen molar-refractivity contribution in [2.45, 2.75) is 26.9 Å². The van der Waals surface area contributed by atoms with E-state index in [1.54, 1.807) is 13.0 Å². The Balaban J connectivity index is 2.71. The average Bonchev–Trinajstić information content (AvgIpc) is 2.54. The van der Waals surface area contributed by atoms with E-state index < -0.39 is 12.7 Å². The van der Waals surface area contributed by atoms with E-state index in [1.165, 1.54) is 11.3 Å². The van der Waals surface area contributed by atoms with Gasteiger partial charge in [0.15, 0.2) is 5.78 Å². The molecule has 0 bridgehead atoms. The second kappa shape index (κ2) is 5.84. The number of nitrogens with zero attached hydrogens (tertiary/aromatic N) is 1. The van der Waals surface area contributed by atoms with Crippen molar-refractivity contribution in [3.8, 4) is 0 Å². The highest BCUT2D eigenvalue weighted by atomic mass is 32.1. The summed E-state index contributed by atoms with van der Waals surface area (Å²) in [5, 5.41) is 0. The van der Waals surface area contributed by atoms with Gasteiger partial charge >= 0.3 is 6.18 Å². The van der Waals surface area contributed by atoms with Crippen LogP contribution in [0.5, 0.6) is 0 Å². The number of alkyl halides is 3. The summed E-state index contributed by atoms with van der Waals surface area (Å²) in [4.78, 5) is 14.9. The normalized spacial score (nSPS) is 12.2. The van der Waals surface area contributed by atoms with E-state index in [9.17, 15) is 18.0 Å².